The molecule has 1 aromatic carbocycles. The third-order valence-corrected chi connectivity index (χ3v) is 4.19. The molecule has 1 unspecified atom stereocenters. The van der Waals surface area contributed by atoms with Crippen LogP contribution in [-0.2, 0) is 16.1 Å². The van der Waals surface area contributed by atoms with Gasteiger partial charge in [-0.2, -0.15) is 0 Å². The summed E-state index contributed by atoms with van der Waals surface area (Å²) in [7, 11) is 0. The van der Waals surface area contributed by atoms with Gasteiger partial charge in [-0.15, -0.1) is 0 Å². The van der Waals surface area contributed by atoms with Gasteiger partial charge < -0.3 is 9.88 Å². The number of aromatic nitrogens is 1. The normalized spacial score (nSPS) is 12.6. The molecule has 0 spiro atoms. The van der Waals surface area contributed by atoms with Crippen LogP contribution < -0.4 is 5.32 Å². The first kappa shape index (κ1) is 15.8. The zero-order valence-electron chi connectivity index (χ0n) is 12.4. The van der Waals surface area contributed by atoms with Crippen molar-refractivity contribution in [1.82, 2.24) is 9.88 Å². The Kier molecular flexibility index (Phi) is 4.83. The van der Waals surface area contributed by atoms with Crippen LogP contribution in [0.25, 0.3) is 10.9 Å². The van der Waals surface area contributed by atoms with Gasteiger partial charge in [0, 0.05) is 21.6 Å². The minimum Gasteiger partial charge on any atom is -0.344 e. The fourth-order valence-corrected chi connectivity index (χ4v) is 2.92. The number of carbonyl (C=O) groups excluding carboxylic acids is 2. The fourth-order valence-electron chi connectivity index (χ4n) is 2.44. The Bertz CT molecular complexity index is 676. The molecular formula is C16H19BrN2O2. The number of hydrogen-bond acceptors (Lipinski definition) is 2. The van der Waals surface area contributed by atoms with Crippen molar-refractivity contribution in [3.05, 3.63) is 34.9 Å². The topological polar surface area (TPSA) is 51.1 Å². The monoisotopic (exact) mass is 350 g/mol. The summed E-state index contributed by atoms with van der Waals surface area (Å²) in [4.78, 5) is 23.7. The Morgan fingerprint density at radius 1 is 1.29 bits per heavy atom. The molecule has 112 valence electrons. The second-order valence-electron chi connectivity index (χ2n) is 5.52. The number of nitrogens with one attached hydrogen (secondary N) is 1. The maximum absolute atomic E-state index is 12.2. The highest BCUT2D eigenvalue weighted by Gasteiger charge is 2.20. The molecule has 4 nitrogen and oxygen atoms in total. The van der Waals surface area contributed by atoms with Crippen LogP contribution in [0.4, 0.5) is 0 Å². The van der Waals surface area contributed by atoms with E-state index < -0.39 is 6.04 Å². The highest BCUT2D eigenvalue weighted by molar-refractivity contribution is 9.10. The SMILES string of the molecule is CC(=O)C(NC(=O)Cn1ccc2c(Br)cccc21)C(C)C. The molecule has 0 bridgehead atoms. The number of amides is 1. The van der Waals surface area contributed by atoms with E-state index in [-0.39, 0.29) is 24.2 Å². The van der Waals surface area contributed by atoms with Crippen molar-refractivity contribution in [3.63, 3.8) is 0 Å². The van der Waals surface area contributed by atoms with Gasteiger partial charge in [-0.1, -0.05) is 35.8 Å². The van der Waals surface area contributed by atoms with Gasteiger partial charge in [-0.05, 0) is 31.0 Å². The van der Waals surface area contributed by atoms with Crippen LogP contribution in [0.3, 0.4) is 0 Å². The van der Waals surface area contributed by atoms with E-state index in [1.165, 1.54) is 6.92 Å². The van der Waals surface area contributed by atoms with Crippen LogP contribution in [0.5, 0.6) is 0 Å². The predicted octanol–water partition coefficient (Wildman–Crippen LogP) is 3.13. The highest BCUT2D eigenvalue weighted by atomic mass is 79.9. The first-order valence-corrected chi connectivity index (χ1v) is 7.72. The van der Waals surface area contributed by atoms with E-state index in [1.54, 1.807) is 0 Å². The van der Waals surface area contributed by atoms with Crippen LogP contribution >= 0.6 is 15.9 Å². The van der Waals surface area contributed by atoms with Crippen LogP contribution in [-0.4, -0.2) is 22.3 Å². The van der Waals surface area contributed by atoms with E-state index in [4.69, 9.17) is 0 Å². The van der Waals surface area contributed by atoms with Gasteiger partial charge in [0.2, 0.25) is 5.91 Å². The summed E-state index contributed by atoms with van der Waals surface area (Å²) in [5.74, 6) is -0.0816. The van der Waals surface area contributed by atoms with Gasteiger partial charge in [0.15, 0.2) is 5.78 Å². The van der Waals surface area contributed by atoms with Crippen LogP contribution in [0.1, 0.15) is 20.8 Å². The van der Waals surface area contributed by atoms with Crippen molar-refractivity contribution >= 4 is 38.5 Å². The number of benzene rings is 1. The largest absolute Gasteiger partial charge is 0.344 e. The molecule has 0 saturated carbocycles. The van der Waals surface area contributed by atoms with Crippen molar-refractivity contribution in [1.29, 1.82) is 0 Å². The summed E-state index contributed by atoms with van der Waals surface area (Å²) in [6, 6.07) is 7.42. The third-order valence-electron chi connectivity index (χ3n) is 3.50. The lowest BCUT2D eigenvalue weighted by Crippen LogP contribution is -2.44. The van der Waals surface area contributed by atoms with Crippen LogP contribution in [0.15, 0.2) is 34.9 Å². The molecule has 1 aromatic heterocycles. The van der Waals surface area contributed by atoms with E-state index in [0.717, 1.165) is 15.4 Å². The first-order valence-electron chi connectivity index (χ1n) is 6.93. The number of fused-ring (bicyclic) bond motifs is 1. The molecule has 21 heavy (non-hydrogen) atoms. The number of rotatable bonds is 5. The standard InChI is InChI=1S/C16H19BrN2O2/c1-10(2)16(11(3)20)18-15(21)9-19-8-7-12-13(17)5-4-6-14(12)19/h4-8,10,16H,9H2,1-3H3,(H,18,21). The van der Waals surface area contributed by atoms with Crippen molar-refractivity contribution < 1.29 is 9.59 Å². The number of hydrogen-bond donors (Lipinski definition) is 1. The number of carbonyl (C=O) groups is 2. The molecule has 1 amide bonds. The number of Topliss-reactive ketones (excluding diaryl/α,β-unsaturated/α-hetero) is 1. The summed E-state index contributed by atoms with van der Waals surface area (Å²) < 4.78 is 2.88. The van der Waals surface area contributed by atoms with Gasteiger partial charge in [-0.25, -0.2) is 0 Å². The van der Waals surface area contributed by atoms with Crippen molar-refractivity contribution in [3.8, 4) is 0 Å². The molecule has 0 radical (unpaired) electrons. The molecule has 1 atom stereocenters. The molecule has 0 aliphatic carbocycles. The van der Waals surface area contributed by atoms with E-state index in [9.17, 15) is 9.59 Å². The third kappa shape index (κ3) is 3.53. The highest BCUT2D eigenvalue weighted by Crippen LogP contribution is 2.24. The second-order valence-corrected chi connectivity index (χ2v) is 6.37. The summed E-state index contributed by atoms with van der Waals surface area (Å²) in [5.41, 5.74) is 0.989. The summed E-state index contributed by atoms with van der Waals surface area (Å²) >= 11 is 3.50. The average Bonchev–Trinajstić information content (AvgIpc) is 2.80. The average molecular weight is 351 g/mol. The minimum absolute atomic E-state index is 0.0153. The zero-order chi connectivity index (χ0) is 15.6. The smallest absolute Gasteiger partial charge is 0.240 e. The Balaban J connectivity index is 2.15. The zero-order valence-corrected chi connectivity index (χ0v) is 14.0. The molecule has 1 heterocycles. The van der Waals surface area contributed by atoms with Gasteiger partial charge in [0.25, 0.3) is 0 Å². The molecule has 1 N–H and O–H groups in total. The fraction of sp³-hybridized carbons (Fsp3) is 0.375. The molecule has 2 aromatic rings. The molecule has 0 saturated heterocycles. The number of nitrogens with zero attached hydrogens (tertiary/aromatic N) is 1. The maximum Gasteiger partial charge on any atom is 0.240 e. The van der Waals surface area contributed by atoms with Crippen LogP contribution in [0.2, 0.25) is 0 Å². The van der Waals surface area contributed by atoms with E-state index >= 15 is 0 Å². The maximum atomic E-state index is 12.2. The Labute approximate surface area is 132 Å². The number of halogens is 1. The Hall–Kier alpha value is -1.62. The van der Waals surface area contributed by atoms with Crippen LogP contribution in [0, 0.1) is 5.92 Å². The van der Waals surface area contributed by atoms with Crippen molar-refractivity contribution in [2.24, 2.45) is 5.92 Å². The van der Waals surface area contributed by atoms with Gasteiger partial charge in [0.1, 0.15) is 6.54 Å². The van der Waals surface area contributed by atoms with E-state index in [0.29, 0.717) is 0 Å². The van der Waals surface area contributed by atoms with E-state index in [2.05, 4.69) is 21.2 Å². The van der Waals surface area contributed by atoms with Crippen molar-refractivity contribution in [2.75, 3.05) is 0 Å². The number of ketones is 1. The molecule has 0 fully saturated rings. The molecule has 5 heteroatoms. The second kappa shape index (κ2) is 6.43. The first-order chi connectivity index (χ1) is 9.90. The summed E-state index contributed by atoms with van der Waals surface area (Å²) in [6.45, 7) is 5.56. The minimum atomic E-state index is -0.425. The van der Waals surface area contributed by atoms with Gasteiger partial charge in [0.05, 0.1) is 6.04 Å². The lowest BCUT2D eigenvalue weighted by Gasteiger charge is -2.19. The van der Waals surface area contributed by atoms with Gasteiger partial charge >= 0.3 is 0 Å². The molecular weight excluding hydrogens is 332 g/mol. The molecule has 2 rings (SSSR count). The Morgan fingerprint density at radius 2 is 2.00 bits per heavy atom. The Morgan fingerprint density at radius 3 is 2.62 bits per heavy atom. The van der Waals surface area contributed by atoms with Crippen molar-refractivity contribution in [2.45, 2.75) is 33.4 Å². The predicted molar refractivity (Wildman–Crippen MR) is 87.1 cm³/mol. The summed E-state index contributed by atoms with van der Waals surface area (Å²) in [5, 5.41) is 3.88. The lowest BCUT2D eigenvalue weighted by molar-refractivity contribution is -0.128. The van der Waals surface area contributed by atoms with Gasteiger partial charge in [-0.3, -0.25) is 9.59 Å². The summed E-state index contributed by atoms with van der Waals surface area (Å²) in [6.07, 6.45) is 1.88. The molecule has 0 aliphatic heterocycles. The van der Waals surface area contributed by atoms with E-state index in [1.807, 2.05) is 48.9 Å². The quantitative estimate of drug-likeness (QED) is 0.900. The lowest BCUT2D eigenvalue weighted by atomic mass is 10.0. The molecule has 0 aliphatic rings.